The van der Waals surface area contributed by atoms with Gasteiger partial charge in [0.25, 0.3) is 11.6 Å². The van der Waals surface area contributed by atoms with E-state index in [9.17, 15) is 14.9 Å². The molecule has 1 unspecified atom stereocenters. The van der Waals surface area contributed by atoms with Gasteiger partial charge in [0.05, 0.1) is 11.5 Å². The Bertz CT molecular complexity index is 777. The topological polar surface area (TPSA) is 88.7 Å². The summed E-state index contributed by atoms with van der Waals surface area (Å²) in [5.41, 5.74) is 3.59. The Labute approximate surface area is 152 Å². The van der Waals surface area contributed by atoms with Crippen LogP contribution in [0.15, 0.2) is 48.5 Å². The van der Waals surface area contributed by atoms with Crippen molar-refractivity contribution in [2.45, 2.75) is 13.0 Å². The molecular formula is C19H23N4O3+. The monoisotopic (exact) mass is 355 g/mol. The minimum Gasteiger partial charge on any atom is -0.383 e. The predicted octanol–water partition coefficient (Wildman–Crippen LogP) is 0.764. The second kappa shape index (κ2) is 8.44. The molecule has 7 nitrogen and oxygen atoms in total. The molecule has 0 fully saturated rings. The summed E-state index contributed by atoms with van der Waals surface area (Å²) in [6, 6.07) is 14.7. The fourth-order valence-electron chi connectivity index (χ4n) is 3.19. The van der Waals surface area contributed by atoms with Crippen LogP contribution in [0, 0.1) is 10.1 Å². The Morgan fingerprint density at radius 3 is 2.54 bits per heavy atom. The van der Waals surface area contributed by atoms with Gasteiger partial charge in [0, 0.05) is 42.9 Å². The number of nitro benzene ring substituents is 1. The summed E-state index contributed by atoms with van der Waals surface area (Å²) in [7, 11) is 0. The molecule has 1 aliphatic rings. The summed E-state index contributed by atoms with van der Waals surface area (Å²) >= 11 is 0. The number of carbonyl (C=O) groups excluding carboxylic acids is 1. The lowest BCUT2D eigenvalue weighted by molar-refractivity contribution is -0.908. The van der Waals surface area contributed by atoms with Crippen molar-refractivity contribution >= 4 is 17.3 Å². The van der Waals surface area contributed by atoms with Gasteiger partial charge in [-0.3, -0.25) is 14.9 Å². The van der Waals surface area contributed by atoms with Gasteiger partial charge in [0.1, 0.15) is 6.54 Å². The summed E-state index contributed by atoms with van der Waals surface area (Å²) < 4.78 is 0. The number of amides is 1. The predicted molar refractivity (Wildman–Crippen MR) is 99.1 cm³/mol. The second-order valence-corrected chi connectivity index (χ2v) is 6.45. The number of benzene rings is 2. The van der Waals surface area contributed by atoms with E-state index in [-0.39, 0.29) is 11.6 Å². The highest BCUT2D eigenvalue weighted by Crippen LogP contribution is 2.14. The third-order valence-electron chi connectivity index (χ3n) is 4.57. The molecule has 26 heavy (non-hydrogen) atoms. The number of rotatable bonds is 7. The van der Waals surface area contributed by atoms with E-state index < -0.39 is 4.92 Å². The molecule has 0 aliphatic carbocycles. The van der Waals surface area contributed by atoms with Crippen LogP contribution in [0.2, 0.25) is 0 Å². The Hall–Kier alpha value is -2.93. The molecule has 1 atom stereocenters. The van der Waals surface area contributed by atoms with Gasteiger partial charge < -0.3 is 15.5 Å². The van der Waals surface area contributed by atoms with E-state index in [2.05, 4.69) is 28.8 Å². The van der Waals surface area contributed by atoms with Crippen LogP contribution in [0.25, 0.3) is 0 Å². The van der Waals surface area contributed by atoms with Gasteiger partial charge >= 0.3 is 0 Å². The molecule has 2 aromatic rings. The summed E-state index contributed by atoms with van der Waals surface area (Å²) in [5.74, 6) is 0.0462. The number of non-ortho nitro benzene ring substituents is 1. The van der Waals surface area contributed by atoms with Crippen LogP contribution < -0.4 is 15.5 Å². The quantitative estimate of drug-likeness (QED) is 0.389. The number of nitrogens with zero attached hydrogens (tertiary/aromatic N) is 1. The minimum absolute atomic E-state index is 0.0462. The zero-order valence-corrected chi connectivity index (χ0v) is 14.5. The molecule has 3 rings (SSSR count). The first-order chi connectivity index (χ1) is 12.6. The molecular weight excluding hydrogens is 332 g/mol. The average Bonchev–Trinajstić information content (AvgIpc) is 2.65. The third-order valence-corrected chi connectivity index (χ3v) is 4.57. The lowest BCUT2D eigenvalue weighted by Gasteiger charge is -2.25. The van der Waals surface area contributed by atoms with Gasteiger partial charge in [0.15, 0.2) is 6.54 Å². The molecule has 0 radical (unpaired) electrons. The third kappa shape index (κ3) is 4.80. The highest BCUT2D eigenvalue weighted by molar-refractivity contribution is 5.76. The van der Waals surface area contributed by atoms with Gasteiger partial charge in [-0.05, 0) is 17.7 Å². The fourth-order valence-corrected chi connectivity index (χ4v) is 3.19. The van der Waals surface area contributed by atoms with Crippen LogP contribution in [0.5, 0.6) is 0 Å². The number of hydrogen-bond donors (Lipinski definition) is 3. The normalized spacial score (nSPS) is 15.8. The molecule has 0 saturated carbocycles. The number of quaternary nitrogens is 1. The summed E-state index contributed by atoms with van der Waals surface area (Å²) in [6.45, 7) is 3.43. The molecule has 0 saturated heterocycles. The average molecular weight is 355 g/mol. The molecule has 1 aliphatic heterocycles. The fraction of sp³-hybridized carbons (Fsp3) is 0.316. The van der Waals surface area contributed by atoms with Crippen LogP contribution in [-0.2, 0) is 17.8 Å². The highest BCUT2D eigenvalue weighted by Gasteiger charge is 2.20. The Morgan fingerprint density at radius 2 is 1.81 bits per heavy atom. The van der Waals surface area contributed by atoms with Crippen molar-refractivity contribution < 1.29 is 14.6 Å². The number of nitrogens with one attached hydrogen (secondary N) is 3. The van der Waals surface area contributed by atoms with Gasteiger partial charge in [-0.2, -0.15) is 0 Å². The van der Waals surface area contributed by atoms with Crippen molar-refractivity contribution in [3.05, 3.63) is 69.8 Å². The summed E-state index contributed by atoms with van der Waals surface area (Å²) in [4.78, 5) is 23.6. The second-order valence-electron chi connectivity index (χ2n) is 6.45. The number of fused-ring (bicyclic) bond motifs is 1. The number of nitro groups is 1. The number of anilines is 1. The molecule has 1 heterocycles. The molecule has 3 N–H and O–H groups in total. The van der Waals surface area contributed by atoms with Gasteiger partial charge in [-0.1, -0.05) is 24.3 Å². The Balaban J connectivity index is 1.36. The van der Waals surface area contributed by atoms with Crippen molar-refractivity contribution in [2.75, 3.05) is 31.5 Å². The molecule has 2 aromatic carbocycles. The minimum atomic E-state index is -0.425. The van der Waals surface area contributed by atoms with Crippen LogP contribution in [0.1, 0.15) is 11.1 Å². The van der Waals surface area contributed by atoms with Crippen LogP contribution >= 0.6 is 0 Å². The molecule has 136 valence electrons. The van der Waals surface area contributed by atoms with Crippen molar-refractivity contribution in [1.82, 2.24) is 5.32 Å². The highest BCUT2D eigenvalue weighted by atomic mass is 16.6. The Kier molecular flexibility index (Phi) is 5.80. The van der Waals surface area contributed by atoms with E-state index >= 15 is 0 Å². The zero-order valence-electron chi connectivity index (χ0n) is 14.5. The molecule has 7 heteroatoms. The summed E-state index contributed by atoms with van der Waals surface area (Å²) in [6.07, 6.45) is 1.01. The Morgan fingerprint density at radius 1 is 1.08 bits per heavy atom. The first kappa shape index (κ1) is 17.9. The number of carbonyl (C=O) groups is 1. The van der Waals surface area contributed by atoms with E-state index in [0.717, 1.165) is 25.2 Å². The van der Waals surface area contributed by atoms with Crippen molar-refractivity contribution in [2.24, 2.45) is 0 Å². The SMILES string of the molecule is O=C(C[NH+]1CCc2ccccc2C1)NCCNc1ccc([N+](=O)[O-])cc1. The summed E-state index contributed by atoms with van der Waals surface area (Å²) in [5, 5.41) is 16.7. The maximum atomic E-state index is 12.1. The van der Waals surface area contributed by atoms with Crippen molar-refractivity contribution in [3.63, 3.8) is 0 Å². The molecule has 0 aromatic heterocycles. The maximum absolute atomic E-state index is 12.1. The van der Waals surface area contributed by atoms with Crippen LogP contribution in [-0.4, -0.2) is 37.0 Å². The van der Waals surface area contributed by atoms with Gasteiger partial charge in [-0.25, -0.2) is 0 Å². The first-order valence-electron chi connectivity index (χ1n) is 8.77. The maximum Gasteiger partial charge on any atom is 0.275 e. The van der Waals surface area contributed by atoms with Gasteiger partial charge in [0.2, 0.25) is 0 Å². The van der Waals surface area contributed by atoms with E-state index in [1.165, 1.54) is 28.2 Å². The first-order valence-corrected chi connectivity index (χ1v) is 8.77. The van der Waals surface area contributed by atoms with Crippen molar-refractivity contribution in [3.8, 4) is 0 Å². The standard InChI is InChI=1S/C19H22N4O3/c24-19(14-22-12-9-15-3-1-2-4-16(15)13-22)21-11-10-20-17-5-7-18(8-6-17)23(25)26/h1-8,20H,9-14H2,(H,21,24)/p+1. The lowest BCUT2D eigenvalue weighted by atomic mass is 10.00. The number of hydrogen-bond acceptors (Lipinski definition) is 4. The largest absolute Gasteiger partial charge is 0.383 e. The van der Waals surface area contributed by atoms with Crippen LogP contribution in [0.4, 0.5) is 11.4 Å². The van der Waals surface area contributed by atoms with E-state index in [1.807, 2.05) is 6.07 Å². The van der Waals surface area contributed by atoms with Gasteiger partial charge in [-0.15, -0.1) is 0 Å². The molecule has 1 amide bonds. The zero-order chi connectivity index (χ0) is 18.4. The van der Waals surface area contributed by atoms with E-state index in [4.69, 9.17) is 0 Å². The molecule has 0 spiro atoms. The molecule has 0 bridgehead atoms. The van der Waals surface area contributed by atoms with E-state index in [1.54, 1.807) is 12.1 Å². The van der Waals surface area contributed by atoms with Crippen LogP contribution in [0.3, 0.4) is 0 Å². The smallest absolute Gasteiger partial charge is 0.275 e. The van der Waals surface area contributed by atoms with Crippen molar-refractivity contribution in [1.29, 1.82) is 0 Å². The lowest BCUT2D eigenvalue weighted by Crippen LogP contribution is -3.12. The van der Waals surface area contributed by atoms with E-state index in [0.29, 0.717) is 19.6 Å².